The molecule has 16 heavy (non-hydrogen) atoms. The SMILES string of the molecule is CC(C)C(N)CC(=O)NCC(C)(C)N(C)C. The van der Waals surface area contributed by atoms with Crippen LogP contribution in [-0.2, 0) is 4.79 Å². The fraction of sp³-hybridized carbons (Fsp3) is 0.917. The van der Waals surface area contributed by atoms with Crippen LogP contribution in [0.25, 0.3) is 0 Å². The number of nitrogens with zero attached hydrogens (tertiary/aromatic N) is 1. The Kier molecular flexibility index (Phi) is 5.97. The molecule has 1 atom stereocenters. The summed E-state index contributed by atoms with van der Waals surface area (Å²) in [6.45, 7) is 8.89. The first kappa shape index (κ1) is 15.4. The van der Waals surface area contributed by atoms with Crippen molar-refractivity contribution in [2.45, 2.75) is 45.7 Å². The Labute approximate surface area is 99.6 Å². The molecule has 0 aliphatic rings. The number of carbonyl (C=O) groups excluding carboxylic acids is 1. The van der Waals surface area contributed by atoms with E-state index in [2.05, 4.69) is 24.1 Å². The van der Waals surface area contributed by atoms with E-state index in [1.54, 1.807) is 0 Å². The first-order chi connectivity index (χ1) is 7.16. The summed E-state index contributed by atoms with van der Waals surface area (Å²) in [5.41, 5.74) is 5.82. The summed E-state index contributed by atoms with van der Waals surface area (Å²) in [7, 11) is 4.01. The molecule has 4 heteroatoms. The second-order valence-electron chi connectivity index (χ2n) is 5.60. The monoisotopic (exact) mass is 229 g/mol. The van der Waals surface area contributed by atoms with Crippen molar-refractivity contribution in [3.8, 4) is 0 Å². The summed E-state index contributed by atoms with van der Waals surface area (Å²) >= 11 is 0. The van der Waals surface area contributed by atoms with Crippen LogP contribution in [0.3, 0.4) is 0 Å². The van der Waals surface area contributed by atoms with Crippen molar-refractivity contribution < 1.29 is 4.79 Å². The Morgan fingerprint density at radius 2 is 1.88 bits per heavy atom. The molecule has 0 aromatic rings. The molecule has 0 bridgehead atoms. The van der Waals surface area contributed by atoms with Gasteiger partial charge >= 0.3 is 0 Å². The molecule has 0 rings (SSSR count). The highest BCUT2D eigenvalue weighted by Gasteiger charge is 2.21. The zero-order chi connectivity index (χ0) is 12.9. The van der Waals surface area contributed by atoms with Crippen molar-refractivity contribution in [2.24, 2.45) is 11.7 Å². The van der Waals surface area contributed by atoms with E-state index in [4.69, 9.17) is 5.73 Å². The molecule has 0 fully saturated rings. The Morgan fingerprint density at radius 3 is 2.25 bits per heavy atom. The van der Waals surface area contributed by atoms with Crippen LogP contribution < -0.4 is 11.1 Å². The highest BCUT2D eigenvalue weighted by Crippen LogP contribution is 2.08. The third-order valence-electron chi connectivity index (χ3n) is 3.21. The topological polar surface area (TPSA) is 58.4 Å². The Balaban J connectivity index is 3.99. The maximum atomic E-state index is 11.6. The number of carbonyl (C=O) groups is 1. The molecule has 0 saturated carbocycles. The smallest absolute Gasteiger partial charge is 0.221 e. The number of hydrogen-bond donors (Lipinski definition) is 2. The van der Waals surface area contributed by atoms with Gasteiger partial charge in [0.05, 0.1) is 0 Å². The summed E-state index contributed by atoms with van der Waals surface area (Å²) in [6.07, 6.45) is 0.404. The Morgan fingerprint density at radius 1 is 1.38 bits per heavy atom. The number of hydrogen-bond acceptors (Lipinski definition) is 3. The fourth-order valence-corrected chi connectivity index (χ4v) is 0.995. The lowest BCUT2D eigenvalue weighted by molar-refractivity contribution is -0.122. The molecular formula is C12H27N3O. The average molecular weight is 229 g/mol. The van der Waals surface area contributed by atoms with E-state index in [0.717, 1.165) is 0 Å². The van der Waals surface area contributed by atoms with Gasteiger partial charge in [-0.1, -0.05) is 13.8 Å². The Bertz CT molecular complexity index is 224. The molecule has 4 nitrogen and oxygen atoms in total. The molecule has 1 unspecified atom stereocenters. The van der Waals surface area contributed by atoms with E-state index in [1.807, 2.05) is 27.9 Å². The van der Waals surface area contributed by atoms with Crippen molar-refractivity contribution in [3.63, 3.8) is 0 Å². The maximum absolute atomic E-state index is 11.6. The maximum Gasteiger partial charge on any atom is 0.221 e. The zero-order valence-corrected chi connectivity index (χ0v) is 11.5. The van der Waals surface area contributed by atoms with Crippen molar-refractivity contribution in [3.05, 3.63) is 0 Å². The Hall–Kier alpha value is -0.610. The molecule has 0 aromatic heterocycles. The zero-order valence-electron chi connectivity index (χ0n) is 11.5. The number of nitrogens with two attached hydrogens (primary N) is 1. The lowest BCUT2D eigenvalue weighted by Gasteiger charge is -2.32. The highest BCUT2D eigenvalue weighted by molar-refractivity contribution is 5.76. The van der Waals surface area contributed by atoms with Crippen LogP contribution in [0.4, 0.5) is 0 Å². The normalized spacial score (nSPS) is 14.3. The average Bonchev–Trinajstić information content (AvgIpc) is 2.14. The van der Waals surface area contributed by atoms with Crippen LogP contribution in [0.2, 0.25) is 0 Å². The van der Waals surface area contributed by atoms with Crippen LogP contribution in [-0.4, -0.2) is 43.0 Å². The van der Waals surface area contributed by atoms with Crippen LogP contribution in [0.1, 0.15) is 34.1 Å². The van der Waals surface area contributed by atoms with Crippen molar-refractivity contribution in [1.29, 1.82) is 0 Å². The molecule has 3 N–H and O–H groups in total. The van der Waals surface area contributed by atoms with Gasteiger partial charge in [0.25, 0.3) is 0 Å². The molecule has 96 valence electrons. The molecule has 0 aromatic carbocycles. The lowest BCUT2D eigenvalue weighted by atomic mass is 10.0. The first-order valence-corrected chi connectivity index (χ1v) is 5.86. The molecule has 0 radical (unpaired) electrons. The van der Waals surface area contributed by atoms with Gasteiger partial charge in [-0.3, -0.25) is 4.79 Å². The van der Waals surface area contributed by atoms with Gasteiger partial charge < -0.3 is 16.0 Å². The molecule has 0 saturated heterocycles. The lowest BCUT2D eigenvalue weighted by Crippen LogP contribution is -2.49. The summed E-state index contributed by atoms with van der Waals surface area (Å²) in [6, 6.07) is -0.0533. The predicted octanol–water partition coefficient (Wildman–Crippen LogP) is 0.816. The minimum atomic E-state index is -0.0533. The van der Waals surface area contributed by atoms with Crippen LogP contribution >= 0.6 is 0 Å². The molecule has 1 amide bonds. The van der Waals surface area contributed by atoms with Gasteiger partial charge in [0, 0.05) is 24.5 Å². The largest absolute Gasteiger partial charge is 0.354 e. The van der Waals surface area contributed by atoms with Crippen LogP contribution in [0, 0.1) is 5.92 Å². The third-order valence-corrected chi connectivity index (χ3v) is 3.21. The second kappa shape index (κ2) is 6.21. The van der Waals surface area contributed by atoms with Gasteiger partial charge in [0.2, 0.25) is 5.91 Å². The van der Waals surface area contributed by atoms with Gasteiger partial charge in [0.1, 0.15) is 0 Å². The number of amides is 1. The standard InChI is InChI=1S/C12H27N3O/c1-9(2)10(13)7-11(16)14-8-12(3,4)15(5)6/h9-10H,7-8,13H2,1-6H3,(H,14,16). The van der Waals surface area contributed by atoms with Crippen molar-refractivity contribution in [2.75, 3.05) is 20.6 Å². The van der Waals surface area contributed by atoms with Gasteiger partial charge in [-0.15, -0.1) is 0 Å². The third kappa shape index (κ3) is 5.47. The summed E-state index contributed by atoms with van der Waals surface area (Å²) in [5.74, 6) is 0.378. The number of rotatable bonds is 6. The van der Waals surface area contributed by atoms with Crippen molar-refractivity contribution in [1.82, 2.24) is 10.2 Å². The molecular weight excluding hydrogens is 202 g/mol. The van der Waals surface area contributed by atoms with Crippen LogP contribution in [0.15, 0.2) is 0 Å². The summed E-state index contributed by atoms with van der Waals surface area (Å²) in [5, 5.41) is 2.93. The van der Waals surface area contributed by atoms with E-state index in [1.165, 1.54) is 0 Å². The van der Waals surface area contributed by atoms with Gasteiger partial charge in [-0.25, -0.2) is 0 Å². The minimum Gasteiger partial charge on any atom is -0.354 e. The quantitative estimate of drug-likeness (QED) is 0.709. The molecule has 0 aliphatic heterocycles. The molecule has 0 heterocycles. The van der Waals surface area contributed by atoms with E-state index in [0.29, 0.717) is 18.9 Å². The summed E-state index contributed by atoms with van der Waals surface area (Å²) in [4.78, 5) is 13.7. The van der Waals surface area contributed by atoms with Crippen LogP contribution in [0.5, 0.6) is 0 Å². The fourth-order valence-electron chi connectivity index (χ4n) is 0.995. The van der Waals surface area contributed by atoms with E-state index < -0.39 is 0 Å². The van der Waals surface area contributed by atoms with Crippen molar-refractivity contribution >= 4 is 5.91 Å². The van der Waals surface area contributed by atoms with Gasteiger partial charge in [0.15, 0.2) is 0 Å². The minimum absolute atomic E-state index is 0.0302. The molecule has 0 aliphatic carbocycles. The van der Waals surface area contributed by atoms with E-state index >= 15 is 0 Å². The first-order valence-electron chi connectivity index (χ1n) is 5.86. The van der Waals surface area contributed by atoms with Gasteiger partial charge in [-0.05, 0) is 33.9 Å². The van der Waals surface area contributed by atoms with E-state index in [-0.39, 0.29) is 17.5 Å². The van der Waals surface area contributed by atoms with E-state index in [9.17, 15) is 4.79 Å². The predicted molar refractivity (Wildman–Crippen MR) is 68.2 cm³/mol. The summed E-state index contributed by atoms with van der Waals surface area (Å²) < 4.78 is 0. The highest BCUT2D eigenvalue weighted by atomic mass is 16.1. The number of likely N-dealkylation sites (N-methyl/N-ethyl adjacent to an activating group) is 1. The number of nitrogens with one attached hydrogen (secondary N) is 1. The van der Waals surface area contributed by atoms with Gasteiger partial charge in [-0.2, -0.15) is 0 Å². The second-order valence-corrected chi connectivity index (χ2v) is 5.60. The molecule has 0 spiro atoms.